The van der Waals surface area contributed by atoms with Crippen LogP contribution in [0.5, 0.6) is 5.75 Å². The first kappa shape index (κ1) is 13.1. The molecule has 0 spiro atoms. The number of benzene rings is 1. The van der Waals surface area contributed by atoms with E-state index >= 15 is 0 Å². The summed E-state index contributed by atoms with van der Waals surface area (Å²) < 4.78 is 29.2. The van der Waals surface area contributed by atoms with Gasteiger partial charge in [0.05, 0.1) is 0 Å². The quantitative estimate of drug-likeness (QED) is 0.804. The lowest BCUT2D eigenvalue weighted by Gasteiger charge is -2.09. The van der Waals surface area contributed by atoms with Crippen LogP contribution in [-0.4, -0.2) is 8.42 Å². The summed E-state index contributed by atoms with van der Waals surface area (Å²) >= 11 is 1.15. The van der Waals surface area contributed by atoms with Crippen molar-refractivity contribution in [3.05, 3.63) is 47.3 Å². The summed E-state index contributed by atoms with van der Waals surface area (Å²) in [6.07, 6.45) is 0. The van der Waals surface area contributed by atoms with Crippen molar-refractivity contribution in [3.63, 3.8) is 0 Å². The summed E-state index contributed by atoms with van der Waals surface area (Å²) in [6, 6.07) is 10.4. The molecule has 96 valence electrons. The first-order chi connectivity index (χ1) is 8.49. The third-order valence-electron chi connectivity index (χ3n) is 2.47. The number of rotatable bonds is 4. The molecule has 0 radical (unpaired) electrons. The van der Waals surface area contributed by atoms with Crippen LogP contribution in [0.1, 0.15) is 25.3 Å². The van der Waals surface area contributed by atoms with Crippen molar-refractivity contribution in [3.8, 4) is 5.75 Å². The van der Waals surface area contributed by atoms with Crippen molar-refractivity contribution in [2.45, 2.75) is 24.0 Å². The van der Waals surface area contributed by atoms with E-state index in [1.54, 1.807) is 29.6 Å². The van der Waals surface area contributed by atoms with E-state index in [9.17, 15) is 8.42 Å². The van der Waals surface area contributed by atoms with E-state index in [1.807, 2.05) is 19.9 Å². The molecule has 0 amide bonds. The Bertz CT molecular complexity index is 613. The maximum Gasteiger partial charge on any atom is 0.348 e. The van der Waals surface area contributed by atoms with Gasteiger partial charge in [0.1, 0.15) is 5.75 Å². The van der Waals surface area contributed by atoms with E-state index in [0.29, 0.717) is 11.7 Å². The predicted molar refractivity (Wildman–Crippen MR) is 72.7 cm³/mol. The molecule has 0 saturated carbocycles. The van der Waals surface area contributed by atoms with Gasteiger partial charge in [-0.25, -0.2) is 0 Å². The summed E-state index contributed by atoms with van der Waals surface area (Å²) in [6.45, 7) is 4.10. The summed E-state index contributed by atoms with van der Waals surface area (Å²) in [5.74, 6) is 0.688. The average molecular weight is 282 g/mol. The standard InChI is InChI=1S/C13H14O3S2/c1-10(2)11-5-3-6-12(9-11)16-18(14,15)13-7-4-8-17-13/h3-10H,1-2H3. The van der Waals surface area contributed by atoms with Crippen LogP contribution in [0.25, 0.3) is 0 Å². The molecule has 2 aromatic rings. The molecule has 18 heavy (non-hydrogen) atoms. The molecule has 0 aliphatic carbocycles. The second-order valence-corrected chi connectivity index (χ2v) is 6.92. The van der Waals surface area contributed by atoms with Crippen LogP contribution in [0.4, 0.5) is 0 Å². The fourth-order valence-corrected chi connectivity index (χ4v) is 3.37. The van der Waals surface area contributed by atoms with E-state index in [2.05, 4.69) is 0 Å². The van der Waals surface area contributed by atoms with Gasteiger partial charge in [-0.15, -0.1) is 11.3 Å². The average Bonchev–Trinajstić information content (AvgIpc) is 2.82. The molecule has 0 saturated heterocycles. The molecule has 3 nitrogen and oxygen atoms in total. The van der Waals surface area contributed by atoms with Gasteiger partial charge in [0, 0.05) is 0 Å². The van der Waals surface area contributed by atoms with Crippen LogP contribution in [0, 0.1) is 0 Å². The minimum atomic E-state index is -3.69. The minimum absolute atomic E-state index is 0.220. The Morgan fingerprint density at radius 1 is 1.17 bits per heavy atom. The fraction of sp³-hybridized carbons (Fsp3) is 0.231. The smallest absolute Gasteiger partial charge is 0.348 e. The lowest BCUT2D eigenvalue weighted by atomic mass is 10.0. The summed E-state index contributed by atoms with van der Waals surface area (Å²) in [4.78, 5) is 0. The molecule has 1 aromatic carbocycles. The van der Waals surface area contributed by atoms with Crippen LogP contribution < -0.4 is 4.18 Å². The maximum atomic E-state index is 11.9. The van der Waals surface area contributed by atoms with E-state index in [-0.39, 0.29) is 4.21 Å². The summed E-state index contributed by atoms with van der Waals surface area (Å²) in [5, 5.41) is 1.71. The second kappa shape index (κ2) is 5.12. The molecule has 0 aliphatic heterocycles. The molecule has 1 aromatic heterocycles. The Morgan fingerprint density at radius 3 is 2.56 bits per heavy atom. The third kappa shape index (κ3) is 2.91. The van der Waals surface area contributed by atoms with E-state index in [1.165, 1.54) is 6.07 Å². The molecular formula is C13H14O3S2. The Morgan fingerprint density at radius 2 is 1.94 bits per heavy atom. The number of hydrogen-bond acceptors (Lipinski definition) is 4. The van der Waals surface area contributed by atoms with Gasteiger partial charge < -0.3 is 4.18 Å². The van der Waals surface area contributed by atoms with Crippen molar-refractivity contribution in [2.24, 2.45) is 0 Å². The van der Waals surface area contributed by atoms with Gasteiger partial charge >= 0.3 is 10.1 Å². The van der Waals surface area contributed by atoms with Gasteiger partial charge in [0.2, 0.25) is 0 Å². The zero-order valence-corrected chi connectivity index (χ0v) is 11.8. The Kier molecular flexibility index (Phi) is 3.73. The first-order valence-corrected chi connectivity index (χ1v) is 7.86. The SMILES string of the molecule is CC(C)c1cccc(OS(=O)(=O)c2cccs2)c1. The van der Waals surface area contributed by atoms with Crippen LogP contribution in [0.15, 0.2) is 46.0 Å². The van der Waals surface area contributed by atoms with Gasteiger partial charge in [0.25, 0.3) is 0 Å². The first-order valence-electron chi connectivity index (χ1n) is 5.57. The molecule has 0 N–H and O–H groups in total. The van der Waals surface area contributed by atoms with Gasteiger partial charge in [-0.1, -0.05) is 32.0 Å². The molecule has 0 fully saturated rings. The molecule has 0 bridgehead atoms. The highest BCUT2D eigenvalue weighted by atomic mass is 32.3. The van der Waals surface area contributed by atoms with Crippen molar-refractivity contribution in [1.29, 1.82) is 0 Å². The molecule has 2 rings (SSSR count). The van der Waals surface area contributed by atoms with E-state index in [4.69, 9.17) is 4.18 Å². The fourth-order valence-electron chi connectivity index (χ4n) is 1.50. The van der Waals surface area contributed by atoms with Gasteiger partial charge in [-0.2, -0.15) is 8.42 Å². The molecule has 1 heterocycles. The van der Waals surface area contributed by atoms with Gasteiger partial charge in [-0.05, 0) is 35.1 Å². The molecular weight excluding hydrogens is 268 g/mol. The highest BCUT2D eigenvalue weighted by Gasteiger charge is 2.17. The predicted octanol–water partition coefficient (Wildman–Crippen LogP) is 3.64. The lowest BCUT2D eigenvalue weighted by Crippen LogP contribution is -2.08. The zero-order chi connectivity index (χ0) is 13.2. The monoisotopic (exact) mass is 282 g/mol. The minimum Gasteiger partial charge on any atom is -0.378 e. The highest BCUT2D eigenvalue weighted by Crippen LogP contribution is 2.25. The molecule has 0 unspecified atom stereocenters. The van der Waals surface area contributed by atoms with Crippen LogP contribution in [0.3, 0.4) is 0 Å². The van der Waals surface area contributed by atoms with E-state index < -0.39 is 10.1 Å². The van der Waals surface area contributed by atoms with E-state index in [0.717, 1.165) is 16.9 Å². The molecule has 5 heteroatoms. The molecule has 0 atom stereocenters. The Hall–Kier alpha value is -1.33. The summed E-state index contributed by atoms with van der Waals surface area (Å²) in [7, 11) is -3.69. The zero-order valence-electron chi connectivity index (χ0n) is 10.2. The number of hydrogen-bond donors (Lipinski definition) is 0. The Balaban J connectivity index is 2.27. The second-order valence-electron chi connectivity index (χ2n) is 4.20. The van der Waals surface area contributed by atoms with Crippen LogP contribution in [-0.2, 0) is 10.1 Å². The van der Waals surface area contributed by atoms with Crippen molar-refractivity contribution in [2.75, 3.05) is 0 Å². The van der Waals surface area contributed by atoms with Crippen molar-refractivity contribution < 1.29 is 12.6 Å². The maximum absolute atomic E-state index is 11.9. The molecule has 0 aliphatic rings. The largest absolute Gasteiger partial charge is 0.378 e. The van der Waals surface area contributed by atoms with Crippen LogP contribution >= 0.6 is 11.3 Å². The highest BCUT2D eigenvalue weighted by molar-refractivity contribution is 7.89. The van der Waals surface area contributed by atoms with Crippen LogP contribution in [0.2, 0.25) is 0 Å². The van der Waals surface area contributed by atoms with Crippen molar-refractivity contribution in [1.82, 2.24) is 0 Å². The van der Waals surface area contributed by atoms with Gasteiger partial charge in [-0.3, -0.25) is 0 Å². The Labute approximate surface area is 111 Å². The number of thiophene rings is 1. The topological polar surface area (TPSA) is 43.4 Å². The lowest BCUT2D eigenvalue weighted by molar-refractivity contribution is 0.488. The normalized spacial score (nSPS) is 11.7. The van der Waals surface area contributed by atoms with Crippen molar-refractivity contribution >= 4 is 21.5 Å². The van der Waals surface area contributed by atoms with Gasteiger partial charge in [0.15, 0.2) is 4.21 Å². The third-order valence-corrected chi connectivity index (χ3v) is 5.08. The summed E-state index contributed by atoms with van der Waals surface area (Å²) in [5.41, 5.74) is 1.05.